The van der Waals surface area contributed by atoms with Gasteiger partial charge in [0.1, 0.15) is 5.52 Å². The summed E-state index contributed by atoms with van der Waals surface area (Å²) < 4.78 is 1.92. The summed E-state index contributed by atoms with van der Waals surface area (Å²) in [6.07, 6.45) is 4.38. The number of piperidine rings is 1. The predicted molar refractivity (Wildman–Crippen MR) is 135 cm³/mol. The lowest BCUT2D eigenvalue weighted by Crippen LogP contribution is -2.45. The molecule has 3 aromatic rings. The predicted octanol–water partition coefficient (Wildman–Crippen LogP) is 3.51. The lowest BCUT2D eigenvalue weighted by atomic mass is 9.97. The van der Waals surface area contributed by atoms with Crippen LogP contribution in [0, 0.1) is 19.8 Å². The highest BCUT2D eigenvalue weighted by molar-refractivity contribution is 6.30. The molecule has 34 heavy (non-hydrogen) atoms. The van der Waals surface area contributed by atoms with Gasteiger partial charge in [-0.25, -0.2) is 4.68 Å². The van der Waals surface area contributed by atoms with Crippen molar-refractivity contribution in [1.82, 2.24) is 30.2 Å². The highest BCUT2D eigenvalue weighted by atomic mass is 35.5. The van der Waals surface area contributed by atoms with E-state index in [0.717, 1.165) is 72.8 Å². The molecule has 0 saturated carbocycles. The van der Waals surface area contributed by atoms with Crippen LogP contribution < -0.4 is 10.2 Å². The molecule has 180 valence electrons. The van der Waals surface area contributed by atoms with Crippen molar-refractivity contribution in [3.63, 3.8) is 0 Å². The summed E-state index contributed by atoms with van der Waals surface area (Å²) in [6, 6.07) is 7.65. The molecule has 4 heterocycles. The molecule has 8 nitrogen and oxygen atoms in total. The average molecular weight is 482 g/mol. The number of anilines is 1. The van der Waals surface area contributed by atoms with Gasteiger partial charge in [-0.2, -0.15) is 10.2 Å². The number of amides is 1. The first-order valence-corrected chi connectivity index (χ1v) is 12.6. The second kappa shape index (κ2) is 9.88. The minimum Gasteiger partial charge on any atom is -0.355 e. The Bertz CT molecular complexity index is 1170. The van der Waals surface area contributed by atoms with Crippen molar-refractivity contribution in [3.05, 3.63) is 40.7 Å². The molecule has 0 bridgehead atoms. The highest BCUT2D eigenvalue weighted by Crippen LogP contribution is 2.31. The fraction of sp³-hybridized carbons (Fsp3) is 0.520. The van der Waals surface area contributed by atoms with Crippen LogP contribution >= 0.6 is 11.6 Å². The third-order valence-corrected chi connectivity index (χ3v) is 7.33. The van der Waals surface area contributed by atoms with Gasteiger partial charge in [-0.05, 0) is 76.9 Å². The number of rotatable bonds is 6. The number of aryl methyl sites for hydroxylation is 2. The molecule has 0 spiro atoms. The van der Waals surface area contributed by atoms with E-state index in [2.05, 4.69) is 32.2 Å². The minimum absolute atomic E-state index is 0.0510. The third-order valence-electron chi connectivity index (χ3n) is 7.07. The summed E-state index contributed by atoms with van der Waals surface area (Å²) in [7, 11) is 0. The second-order valence-corrected chi connectivity index (χ2v) is 9.87. The first-order valence-electron chi connectivity index (χ1n) is 12.2. The van der Waals surface area contributed by atoms with E-state index in [1.807, 2.05) is 35.9 Å². The summed E-state index contributed by atoms with van der Waals surface area (Å²) in [5, 5.41) is 18.8. The van der Waals surface area contributed by atoms with Gasteiger partial charge in [0.15, 0.2) is 5.82 Å². The molecule has 1 atom stereocenters. The minimum atomic E-state index is -0.0510. The van der Waals surface area contributed by atoms with Crippen LogP contribution in [0.2, 0.25) is 5.02 Å². The third kappa shape index (κ3) is 4.61. The first kappa shape index (κ1) is 23.1. The van der Waals surface area contributed by atoms with E-state index in [4.69, 9.17) is 16.7 Å². The topological polar surface area (TPSA) is 79.2 Å². The zero-order valence-electron chi connectivity index (χ0n) is 19.9. The Labute approximate surface area is 205 Å². The molecule has 0 unspecified atom stereocenters. The van der Waals surface area contributed by atoms with Crippen molar-refractivity contribution in [2.24, 2.45) is 5.92 Å². The van der Waals surface area contributed by atoms with E-state index in [1.54, 1.807) is 0 Å². The molecule has 2 aliphatic heterocycles. The Kier molecular flexibility index (Phi) is 6.70. The Morgan fingerprint density at radius 2 is 1.85 bits per heavy atom. The molecular formula is C25H32ClN7O. The van der Waals surface area contributed by atoms with Gasteiger partial charge in [-0.15, -0.1) is 5.10 Å². The van der Waals surface area contributed by atoms with Crippen LogP contribution in [-0.4, -0.2) is 70.1 Å². The van der Waals surface area contributed by atoms with E-state index < -0.39 is 0 Å². The summed E-state index contributed by atoms with van der Waals surface area (Å²) in [5.41, 5.74) is 3.64. The summed E-state index contributed by atoms with van der Waals surface area (Å²) in [6.45, 7) is 9.45. The maximum atomic E-state index is 12.9. The number of hydrogen-bond acceptors (Lipinski definition) is 6. The number of hydrogen-bond donors (Lipinski definition) is 1. The largest absolute Gasteiger partial charge is 0.355 e. The van der Waals surface area contributed by atoms with Crippen molar-refractivity contribution < 1.29 is 4.79 Å². The fourth-order valence-electron chi connectivity index (χ4n) is 5.23. The molecule has 5 rings (SSSR count). The Morgan fingerprint density at radius 3 is 2.62 bits per heavy atom. The van der Waals surface area contributed by atoms with Gasteiger partial charge >= 0.3 is 0 Å². The van der Waals surface area contributed by atoms with Gasteiger partial charge < -0.3 is 15.1 Å². The van der Waals surface area contributed by atoms with Gasteiger partial charge in [0, 0.05) is 31.2 Å². The van der Waals surface area contributed by atoms with Gasteiger partial charge in [0.05, 0.1) is 28.4 Å². The van der Waals surface area contributed by atoms with Crippen LogP contribution in [0.1, 0.15) is 37.1 Å². The Morgan fingerprint density at radius 1 is 1.09 bits per heavy atom. The molecule has 2 aromatic heterocycles. The maximum Gasteiger partial charge on any atom is 0.224 e. The second-order valence-electron chi connectivity index (χ2n) is 9.43. The van der Waals surface area contributed by atoms with E-state index in [0.29, 0.717) is 18.1 Å². The van der Waals surface area contributed by atoms with Crippen molar-refractivity contribution in [3.8, 4) is 5.69 Å². The maximum absolute atomic E-state index is 12.9. The van der Waals surface area contributed by atoms with Crippen LogP contribution in [0.5, 0.6) is 0 Å². The molecule has 0 radical (unpaired) electrons. The fourth-order valence-corrected chi connectivity index (χ4v) is 5.36. The Hall–Kier alpha value is -2.71. The van der Waals surface area contributed by atoms with Gasteiger partial charge in [0.2, 0.25) is 5.91 Å². The van der Waals surface area contributed by atoms with Gasteiger partial charge in [-0.3, -0.25) is 4.79 Å². The van der Waals surface area contributed by atoms with Gasteiger partial charge in [0.25, 0.3) is 0 Å². The highest BCUT2D eigenvalue weighted by Gasteiger charge is 2.29. The molecule has 2 aliphatic rings. The van der Waals surface area contributed by atoms with Crippen molar-refractivity contribution in [1.29, 1.82) is 0 Å². The number of carbonyl (C=O) groups excluding carboxylic acids is 1. The van der Waals surface area contributed by atoms with Crippen molar-refractivity contribution in [2.45, 2.75) is 39.5 Å². The molecule has 2 fully saturated rings. The smallest absolute Gasteiger partial charge is 0.224 e. The van der Waals surface area contributed by atoms with Crippen LogP contribution in [0.4, 0.5) is 5.82 Å². The van der Waals surface area contributed by atoms with Crippen molar-refractivity contribution in [2.75, 3.05) is 44.2 Å². The number of halogens is 1. The Balaban J connectivity index is 1.35. The number of likely N-dealkylation sites (tertiary alicyclic amines) is 1. The summed E-state index contributed by atoms with van der Waals surface area (Å²) in [5.74, 6) is 0.846. The molecular weight excluding hydrogens is 450 g/mol. The number of benzene rings is 1. The first-order chi connectivity index (χ1) is 16.5. The SMILES string of the molecule is Cc1nnc(N2CCC[C@@H](C(=O)NCCN3CCCC3)C2)c2nn(-c3ccc(Cl)cc3)c(C)c12. The normalized spacial score (nSPS) is 19.1. The van der Waals surface area contributed by atoms with Crippen LogP contribution in [0.15, 0.2) is 24.3 Å². The average Bonchev–Trinajstić information content (AvgIpc) is 3.48. The number of nitrogens with zero attached hydrogens (tertiary/aromatic N) is 6. The number of aromatic nitrogens is 4. The molecule has 1 amide bonds. The van der Waals surface area contributed by atoms with E-state index in [-0.39, 0.29) is 11.8 Å². The molecule has 0 aliphatic carbocycles. The van der Waals surface area contributed by atoms with Crippen LogP contribution in [0.3, 0.4) is 0 Å². The number of nitrogens with one attached hydrogen (secondary N) is 1. The van der Waals surface area contributed by atoms with E-state index in [1.165, 1.54) is 12.8 Å². The lowest BCUT2D eigenvalue weighted by molar-refractivity contribution is -0.125. The zero-order valence-corrected chi connectivity index (χ0v) is 20.7. The number of fused-ring (bicyclic) bond motifs is 1. The molecule has 9 heteroatoms. The summed E-state index contributed by atoms with van der Waals surface area (Å²) in [4.78, 5) is 17.5. The van der Waals surface area contributed by atoms with Crippen molar-refractivity contribution >= 4 is 34.2 Å². The number of carbonyl (C=O) groups is 1. The van der Waals surface area contributed by atoms with Crippen LogP contribution in [0.25, 0.3) is 16.6 Å². The zero-order chi connectivity index (χ0) is 23.7. The van der Waals surface area contributed by atoms with E-state index in [9.17, 15) is 4.79 Å². The summed E-state index contributed by atoms with van der Waals surface area (Å²) >= 11 is 6.08. The standard InChI is InChI=1S/C25H32ClN7O/c1-17-22-18(2)33(21-9-7-20(26)8-10-21)30-23(22)24(29-28-17)32-14-5-6-19(16-32)25(34)27-11-15-31-12-3-4-13-31/h7-10,19H,3-6,11-16H2,1-2H3,(H,27,34)/t19-/m1/s1. The molecule has 1 N–H and O–H groups in total. The monoisotopic (exact) mass is 481 g/mol. The molecule has 2 saturated heterocycles. The molecule has 1 aromatic carbocycles. The van der Waals surface area contributed by atoms with Gasteiger partial charge in [-0.1, -0.05) is 11.6 Å². The van der Waals surface area contributed by atoms with Crippen LogP contribution in [-0.2, 0) is 4.79 Å². The quantitative estimate of drug-likeness (QED) is 0.580. The lowest BCUT2D eigenvalue weighted by Gasteiger charge is -2.32. The van der Waals surface area contributed by atoms with E-state index >= 15 is 0 Å².